The van der Waals surface area contributed by atoms with Crippen LogP contribution in [0.1, 0.15) is 310 Å². The Balaban J connectivity index is 4.00. The van der Waals surface area contributed by atoms with E-state index in [0.29, 0.717) is 19.3 Å². The summed E-state index contributed by atoms with van der Waals surface area (Å²) in [6, 6.07) is 0. The first kappa shape index (κ1) is 65.4. The average Bonchev–Trinajstić information content (AvgIpc) is 3.34. The van der Waals surface area contributed by atoms with Crippen LogP contribution in [0.5, 0.6) is 0 Å². The molecule has 0 saturated carbocycles. The molecule has 0 aromatic carbocycles. The number of ether oxygens (including phenoxy) is 3. The van der Waals surface area contributed by atoms with Gasteiger partial charge >= 0.3 is 17.9 Å². The van der Waals surface area contributed by atoms with Crippen molar-refractivity contribution < 1.29 is 28.6 Å². The Bertz CT molecular complexity index is 1190. The Hall–Kier alpha value is -2.63. The molecule has 0 aliphatic heterocycles. The van der Waals surface area contributed by atoms with Crippen molar-refractivity contribution in [2.24, 2.45) is 0 Å². The highest BCUT2D eigenvalue weighted by atomic mass is 16.6. The second-order valence-electron chi connectivity index (χ2n) is 19.9. The molecule has 0 amide bonds. The summed E-state index contributed by atoms with van der Waals surface area (Å²) >= 11 is 0. The first-order chi connectivity index (χ1) is 33.5. The number of unbranched alkanes of at least 4 members (excludes halogenated alkanes) is 35. The third-order valence-electron chi connectivity index (χ3n) is 13.1. The lowest BCUT2D eigenvalue weighted by molar-refractivity contribution is -0.167. The van der Waals surface area contributed by atoms with E-state index in [4.69, 9.17) is 14.2 Å². The normalized spacial score (nSPS) is 12.3. The minimum absolute atomic E-state index is 0.0776. The third kappa shape index (κ3) is 54.3. The van der Waals surface area contributed by atoms with Gasteiger partial charge in [-0.2, -0.15) is 0 Å². The fourth-order valence-electron chi connectivity index (χ4n) is 8.63. The molecule has 6 nitrogen and oxygen atoms in total. The van der Waals surface area contributed by atoms with E-state index in [0.717, 1.165) is 96.3 Å². The van der Waals surface area contributed by atoms with Crippen LogP contribution in [0, 0.1) is 0 Å². The standard InChI is InChI=1S/C62H112O6/c1-4-7-10-13-16-18-20-22-24-25-26-27-28-29-30-31-32-33-34-35-36-37-39-40-42-44-46-49-52-55-61(64)67-58-59(57-66-60(63)54-51-48-15-12-9-6-3)68-62(65)56-53-50-47-45-43-41-38-23-21-19-17-14-11-8-5-2/h8,11,17,19,23,25-26,38,59H,4-7,9-10,12-16,18,20-22,24,27-37,39-58H2,1-3H3/b11-8-,19-17-,26-25-,38-23-. The molecule has 0 N–H and O–H groups in total. The van der Waals surface area contributed by atoms with Gasteiger partial charge in [0.05, 0.1) is 0 Å². The van der Waals surface area contributed by atoms with Crippen molar-refractivity contribution >= 4 is 17.9 Å². The molecule has 68 heavy (non-hydrogen) atoms. The highest BCUT2D eigenvalue weighted by molar-refractivity contribution is 5.71. The average molecular weight is 954 g/mol. The molecule has 0 saturated heterocycles. The molecule has 0 aliphatic carbocycles. The Morgan fingerprint density at radius 1 is 0.309 bits per heavy atom. The van der Waals surface area contributed by atoms with Gasteiger partial charge in [-0.05, 0) is 77.0 Å². The van der Waals surface area contributed by atoms with E-state index in [1.165, 1.54) is 173 Å². The number of carbonyl (C=O) groups excluding carboxylic acids is 3. The molecule has 0 heterocycles. The summed E-state index contributed by atoms with van der Waals surface area (Å²) in [6.07, 6.45) is 70.2. The highest BCUT2D eigenvalue weighted by Gasteiger charge is 2.19. The fourth-order valence-corrected chi connectivity index (χ4v) is 8.63. The molecule has 1 unspecified atom stereocenters. The van der Waals surface area contributed by atoms with Crippen molar-refractivity contribution in [3.63, 3.8) is 0 Å². The Kier molecular flexibility index (Phi) is 54.8. The monoisotopic (exact) mass is 953 g/mol. The topological polar surface area (TPSA) is 78.9 Å². The van der Waals surface area contributed by atoms with E-state index in [9.17, 15) is 14.4 Å². The molecule has 1 atom stereocenters. The molecule has 396 valence electrons. The first-order valence-electron chi connectivity index (χ1n) is 29.6. The molecule has 0 aromatic rings. The van der Waals surface area contributed by atoms with Crippen LogP contribution < -0.4 is 0 Å². The van der Waals surface area contributed by atoms with E-state index >= 15 is 0 Å². The molecule has 0 spiro atoms. The van der Waals surface area contributed by atoms with Gasteiger partial charge in [-0.15, -0.1) is 0 Å². The molecule has 0 radical (unpaired) electrons. The van der Waals surface area contributed by atoms with Crippen LogP contribution in [-0.4, -0.2) is 37.2 Å². The van der Waals surface area contributed by atoms with Crippen LogP contribution in [0.25, 0.3) is 0 Å². The van der Waals surface area contributed by atoms with Gasteiger partial charge < -0.3 is 14.2 Å². The summed E-state index contributed by atoms with van der Waals surface area (Å²) in [7, 11) is 0. The largest absolute Gasteiger partial charge is 0.462 e. The summed E-state index contributed by atoms with van der Waals surface area (Å²) in [5.74, 6) is -0.893. The lowest BCUT2D eigenvalue weighted by atomic mass is 10.0. The van der Waals surface area contributed by atoms with Crippen LogP contribution in [0.3, 0.4) is 0 Å². The fraction of sp³-hybridized carbons (Fsp3) is 0.823. The van der Waals surface area contributed by atoms with Gasteiger partial charge in [0.1, 0.15) is 13.2 Å². The second-order valence-corrected chi connectivity index (χ2v) is 19.9. The maximum atomic E-state index is 12.8. The van der Waals surface area contributed by atoms with E-state index in [1.807, 2.05) is 0 Å². The molecule has 0 fully saturated rings. The lowest BCUT2D eigenvalue weighted by Crippen LogP contribution is -2.30. The SMILES string of the molecule is CC/C=C\C/C=C\C/C=C\CCCCCCCC(=O)OC(COC(=O)CCCCCCCC)COC(=O)CCCCCCCCCCCCCCCCCCC/C=C\CCCCCCCCCC. The zero-order chi connectivity index (χ0) is 49.3. The number of hydrogen-bond acceptors (Lipinski definition) is 6. The van der Waals surface area contributed by atoms with E-state index in [2.05, 4.69) is 69.4 Å². The third-order valence-corrected chi connectivity index (χ3v) is 13.1. The summed E-state index contributed by atoms with van der Waals surface area (Å²) in [5, 5.41) is 0. The predicted molar refractivity (Wildman–Crippen MR) is 293 cm³/mol. The van der Waals surface area contributed by atoms with Gasteiger partial charge in [-0.25, -0.2) is 0 Å². The van der Waals surface area contributed by atoms with Crippen LogP contribution in [0.4, 0.5) is 0 Å². The van der Waals surface area contributed by atoms with Crippen molar-refractivity contribution in [1.29, 1.82) is 0 Å². The maximum absolute atomic E-state index is 12.8. The number of rotatable bonds is 54. The zero-order valence-electron chi connectivity index (χ0n) is 45.4. The molecular weight excluding hydrogens is 841 g/mol. The van der Waals surface area contributed by atoms with Crippen molar-refractivity contribution in [2.45, 2.75) is 316 Å². The summed E-state index contributed by atoms with van der Waals surface area (Å²) in [4.78, 5) is 37.8. The van der Waals surface area contributed by atoms with Crippen LogP contribution in [-0.2, 0) is 28.6 Å². The molecular formula is C62H112O6. The lowest BCUT2D eigenvalue weighted by Gasteiger charge is -2.18. The van der Waals surface area contributed by atoms with Crippen molar-refractivity contribution in [1.82, 2.24) is 0 Å². The van der Waals surface area contributed by atoms with Gasteiger partial charge in [-0.3, -0.25) is 14.4 Å². The number of hydrogen-bond donors (Lipinski definition) is 0. The summed E-state index contributed by atoms with van der Waals surface area (Å²) < 4.78 is 16.7. The maximum Gasteiger partial charge on any atom is 0.306 e. The first-order valence-corrected chi connectivity index (χ1v) is 29.6. The van der Waals surface area contributed by atoms with Crippen molar-refractivity contribution in [2.75, 3.05) is 13.2 Å². The number of allylic oxidation sites excluding steroid dienone is 8. The minimum atomic E-state index is -0.777. The van der Waals surface area contributed by atoms with Crippen LogP contribution in [0.15, 0.2) is 48.6 Å². The van der Waals surface area contributed by atoms with Crippen molar-refractivity contribution in [3.05, 3.63) is 48.6 Å². The molecule has 6 heteroatoms. The van der Waals surface area contributed by atoms with Crippen LogP contribution in [0.2, 0.25) is 0 Å². The zero-order valence-corrected chi connectivity index (χ0v) is 45.4. The highest BCUT2D eigenvalue weighted by Crippen LogP contribution is 2.17. The molecule has 0 bridgehead atoms. The summed E-state index contributed by atoms with van der Waals surface area (Å²) in [6.45, 7) is 6.48. The quantitative estimate of drug-likeness (QED) is 0.0262. The number of esters is 3. The second kappa shape index (κ2) is 57.0. The Labute approximate surface area is 422 Å². The molecule has 0 aromatic heterocycles. The van der Waals surface area contributed by atoms with Gasteiger partial charge in [0.25, 0.3) is 0 Å². The van der Waals surface area contributed by atoms with Crippen molar-refractivity contribution in [3.8, 4) is 0 Å². The molecule has 0 rings (SSSR count). The van der Waals surface area contributed by atoms with Gasteiger partial charge in [0, 0.05) is 19.3 Å². The summed E-state index contributed by atoms with van der Waals surface area (Å²) in [5.41, 5.74) is 0. The van der Waals surface area contributed by atoms with Gasteiger partial charge in [0.15, 0.2) is 6.10 Å². The minimum Gasteiger partial charge on any atom is -0.462 e. The van der Waals surface area contributed by atoms with Gasteiger partial charge in [0.2, 0.25) is 0 Å². The predicted octanol–water partition coefficient (Wildman–Crippen LogP) is 19.8. The Morgan fingerprint density at radius 2 is 0.574 bits per heavy atom. The van der Waals surface area contributed by atoms with E-state index in [-0.39, 0.29) is 31.1 Å². The smallest absolute Gasteiger partial charge is 0.306 e. The van der Waals surface area contributed by atoms with E-state index < -0.39 is 6.10 Å². The van der Waals surface area contributed by atoms with Gasteiger partial charge in [-0.1, -0.05) is 262 Å². The number of carbonyl (C=O) groups is 3. The van der Waals surface area contributed by atoms with Crippen LogP contribution >= 0.6 is 0 Å². The Morgan fingerprint density at radius 3 is 0.912 bits per heavy atom. The molecule has 0 aliphatic rings. The van der Waals surface area contributed by atoms with E-state index in [1.54, 1.807) is 0 Å².